The van der Waals surface area contributed by atoms with Gasteiger partial charge in [0.15, 0.2) is 0 Å². The molecule has 0 bridgehead atoms. The summed E-state index contributed by atoms with van der Waals surface area (Å²) in [5.74, 6) is 1.26. The lowest BCUT2D eigenvalue weighted by Gasteiger charge is -2.13. The first-order chi connectivity index (χ1) is 6.97. The molecule has 0 fully saturated rings. The highest BCUT2D eigenvalue weighted by molar-refractivity contribution is 7.84. The van der Waals surface area contributed by atoms with Gasteiger partial charge in [-0.15, -0.1) is 0 Å². The maximum absolute atomic E-state index is 11.0. The topological polar surface area (TPSA) is 54.9 Å². The van der Waals surface area contributed by atoms with Gasteiger partial charge in [0.2, 0.25) is 5.28 Å². The van der Waals surface area contributed by atoms with Crippen molar-refractivity contribution in [2.75, 3.05) is 17.3 Å². The van der Waals surface area contributed by atoms with E-state index in [2.05, 4.69) is 15.3 Å². The standard InChI is InChI=1S/C9H14ClN3OS/c1-6-4-8(13-9(10)12-6)11-7(2)5-15(3)14/h4,7H,5H2,1-3H3,(H,11,12,13). The molecule has 0 aliphatic carbocycles. The SMILES string of the molecule is Cc1cc(NC(C)CS(C)=O)nc(Cl)n1. The van der Waals surface area contributed by atoms with Crippen LogP contribution in [0.15, 0.2) is 6.07 Å². The smallest absolute Gasteiger partial charge is 0.224 e. The van der Waals surface area contributed by atoms with Crippen molar-refractivity contribution in [3.63, 3.8) is 0 Å². The van der Waals surface area contributed by atoms with Crippen molar-refractivity contribution in [1.82, 2.24) is 9.97 Å². The van der Waals surface area contributed by atoms with Crippen LogP contribution < -0.4 is 5.32 Å². The zero-order chi connectivity index (χ0) is 11.4. The first-order valence-electron chi connectivity index (χ1n) is 4.55. The van der Waals surface area contributed by atoms with E-state index in [0.717, 1.165) is 5.69 Å². The van der Waals surface area contributed by atoms with Gasteiger partial charge in [-0.1, -0.05) is 0 Å². The Morgan fingerprint density at radius 3 is 2.80 bits per heavy atom. The molecule has 0 saturated heterocycles. The van der Waals surface area contributed by atoms with Crippen LogP contribution in [0.4, 0.5) is 5.82 Å². The average molecular weight is 248 g/mol. The van der Waals surface area contributed by atoms with Crippen molar-refractivity contribution in [1.29, 1.82) is 0 Å². The molecule has 0 spiro atoms. The maximum atomic E-state index is 11.0. The Labute approximate surface area is 96.9 Å². The normalized spacial score (nSPS) is 14.7. The Balaban J connectivity index is 2.67. The number of anilines is 1. The van der Waals surface area contributed by atoms with Crippen LogP contribution in [0.25, 0.3) is 0 Å². The van der Waals surface area contributed by atoms with Gasteiger partial charge in [0, 0.05) is 40.6 Å². The summed E-state index contributed by atoms with van der Waals surface area (Å²) < 4.78 is 11.0. The number of aromatic nitrogens is 2. The predicted molar refractivity (Wildman–Crippen MR) is 63.8 cm³/mol. The minimum atomic E-state index is -0.819. The minimum absolute atomic E-state index is 0.0983. The van der Waals surface area contributed by atoms with Gasteiger partial charge in [0.1, 0.15) is 5.82 Å². The molecule has 1 aromatic heterocycles. The molecule has 4 nitrogen and oxygen atoms in total. The second kappa shape index (κ2) is 5.42. The van der Waals surface area contributed by atoms with E-state index in [1.54, 1.807) is 12.3 Å². The quantitative estimate of drug-likeness (QED) is 0.822. The lowest BCUT2D eigenvalue weighted by atomic mass is 10.3. The maximum Gasteiger partial charge on any atom is 0.224 e. The molecule has 0 radical (unpaired) electrons. The molecular formula is C9H14ClN3OS. The lowest BCUT2D eigenvalue weighted by molar-refractivity contribution is 0.683. The van der Waals surface area contributed by atoms with Gasteiger partial charge in [0.25, 0.3) is 0 Å². The Morgan fingerprint density at radius 2 is 2.27 bits per heavy atom. The van der Waals surface area contributed by atoms with Gasteiger partial charge < -0.3 is 5.32 Å². The third kappa shape index (κ3) is 4.57. The van der Waals surface area contributed by atoms with Crippen LogP contribution in [0, 0.1) is 6.92 Å². The molecule has 0 amide bonds. The van der Waals surface area contributed by atoms with Gasteiger partial charge in [0.05, 0.1) is 0 Å². The van der Waals surface area contributed by atoms with Crippen LogP contribution in [-0.4, -0.2) is 32.2 Å². The molecule has 0 aromatic carbocycles. The summed E-state index contributed by atoms with van der Waals surface area (Å²) in [5.41, 5.74) is 0.808. The number of halogens is 1. The summed E-state index contributed by atoms with van der Waals surface area (Å²) in [6.07, 6.45) is 1.68. The molecule has 1 N–H and O–H groups in total. The summed E-state index contributed by atoms with van der Waals surface area (Å²) in [5, 5.41) is 3.35. The molecule has 1 aromatic rings. The first-order valence-corrected chi connectivity index (χ1v) is 6.65. The van der Waals surface area contributed by atoms with E-state index < -0.39 is 10.8 Å². The van der Waals surface area contributed by atoms with Gasteiger partial charge in [-0.25, -0.2) is 9.97 Å². The number of nitrogens with one attached hydrogen (secondary N) is 1. The molecule has 0 aliphatic heterocycles. The Bertz CT molecular complexity index is 352. The molecule has 2 unspecified atom stereocenters. The van der Waals surface area contributed by atoms with Crippen LogP contribution in [0.5, 0.6) is 0 Å². The van der Waals surface area contributed by atoms with E-state index in [1.165, 1.54) is 0 Å². The van der Waals surface area contributed by atoms with Crippen LogP contribution in [0.1, 0.15) is 12.6 Å². The molecule has 2 atom stereocenters. The molecule has 15 heavy (non-hydrogen) atoms. The summed E-state index contributed by atoms with van der Waals surface area (Å²) in [6.45, 7) is 3.80. The van der Waals surface area contributed by atoms with E-state index in [9.17, 15) is 4.21 Å². The summed E-state index contributed by atoms with van der Waals surface area (Å²) in [4.78, 5) is 7.98. The number of nitrogens with zero attached hydrogens (tertiary/aromatic N) is 2. The van der Waals surface area contributed by atoms with E-state index in [-0.39, 0.29) is 11.3 Å². The van der Waals surface area contributed by atoms with Crippen molar-refractivity contribution in [2.45, 2.75) is 19.9 Å². The molecular weight excluding hydrogens is 234 g/mol. The highest BCUT2D eigenvalue weighted by Gasteiger charge is 2.06. The number of rotatable bonds is 4. The second-order valence-electron chi connectivity index (χ2n) is 3.45. The van der Waals surface area contributed by atoms with Crippen LogP contribution >= 0.6 is 11.6 Å². The van der Waals surface area contributed by atoms with Gasteiger partial charge in [-0.2, -0.15) is 0 Å². The largest absolute Gasteiger partial charge is 0.367 e. The van der Waals surface area contributed by atoms with Crippen molar-refractivity contribution in [3.8, 4) is 0 Å². The molecule has 1 heterocycles. The summed E-state index contributed by atoms with van der Waals surface area (Å²) in [6, 6.07) is 1.90. The second-order valence-corrected chi connectivity index (χ2v) is 5.27. The number of hydrogen-bond donors (Lipinski definition) is 1. The molecule has 0 aliphatic rings. The first kappa shape index (κ1) is 12.4. The monoisotopic (exact) mass is 247 g/mol. The Hall–Kier alpha value is -0.680. The van der Waals surface area contributed by atoms with Gasteiger partial charge in [-0.05, 0) is 25.4 Å². The van der Waals surface area contributed by atoms with Crippen LogP contribution in [0.2, 0.25) is 5.28 Å². The number of hydrogen-bond acceptors (Lipinski definition) is 4. The van der Waals surface area contributed by atoms with Crippen LogP contribution in [0.3, 0.4) is 0 Å². The predicted octanol–water partition coefficient (Wildman–Crippen LogP) is 1.62. The lowest BCUT2D eigenvalue weighted by Crippen LogP contribution is -2.23. The van der Waals surface area contributed by atoms with E-state index in [4.69, 9.17) is 11.6 Å². The fourth-order valence-corrected chi connectivity index (χ4v) is 2.26. The molecule has 0 saturated carbocycles. The molecule has 6 heteroatoms. The van der Waals surface area contributed by atoms with E-state index >= 15 is 0 Å². The number of aryl methyl sites for hydroxylation is 1. The van der Waals surface area contributed by atoms with Crippen LogP contribution in [-0.2, 0) is 10.8 Å². The van der Waals surface area contributed by atoms with Crippen molar-refractivity contribution < 1.29 is 4.21 Å². The zero-order valence-electron chi connectivity index (χ0n) is 8.95. The van der Waals surface area contributed by atoms with Gasteiger partial charge >= 0.3 is 0 Å². The summed E-state index contributed by atoms with van der Waals surface area (Å²) >= 11 is 5.72. The fraction of sp³-hybridized carbons (Fsp3) is 0.556. The minimum Gasteiger partial charge on any atom is -0.367 e. The summed E-state index contributed by atoms with van der Waals surface area (Å²) in [7, 11) is -0.819. The highest BCUT2D eigenvalue weighted by atomic mass is 35.5. The van der Waals surface area contributed by atoms with Gasteiger partial charge in [-0.3, -0.25) is 4.21 Å². The van der Waals surface area contributed by atoms with Crippen molar-refractivity contribution in [3.05, 3.63) is 17.0 Å². The third-order valence-electron chi connectivity index (χ3n) is 1.71. The van der Waals surface area contributed by atoms with Crippen molar-refractivity contribution >= 4 is 28.2 Å². The third-order valence-corrected chi connectivity index (χ3v) is 2.84. The zero-order valence-corrected chi connectivity index (χ0v) is 10.5. The fourth-order valence-electron chi connectivity index (χ4n) is 1.25. The molecule has 1 rings (SSSR count). The van der Waals surface area contributed by atoms with E-state index in [1.807, 2.05) is 13.8 Å². The molecule has 84 valence electrons. The van der Waals surface area contributed by atoms with E-state index in [0.29, 0.717) is 11.6 Å². The Kier molecular flexibility index (Phi) is 4.47. The van der Waals surface area contributed by atoms with Crippen molar-refractivity contribution in [2.24, 2.45) is 0 Å². The average Bonchev–Trinajstić information content (AvgIpc) is 1.98. The highest BCUT2D eigenvalue weighted by Crippen LogP contribution is 2.10. The Morgan fingerprint density at radius 1 is 1.60 bits per heavy atom.